The Morgan fingerprint density at radius 1 is 0.542 bits per heavy atom. The summed E-state index contributed by atoms with van der Waals surface area (Å²) in [6, 6.07) is 0. The number of allylic oxidation sites excluding steroid dienone is 10. The standard InChI is InChI=1S/C45H77O13P/c1-3-5-7-9-11-13-15-17-19-21-23-25-27-29-31-33-38(46)55-35-37(36-56-59(53,54)58-45-43(51)41(49)40(48)42(50)44(45)52)57-39(47)34-32-30-28-26-24-22-20-18-16-14-12-10-8-6-4-2/h12-15,17-20,24,26,37,40-45,48-52H,3-11,16,21-23,25,27-36H2,1-2H3,(H,53,54)/b14-12+,15-13+,19-17+,20-18+,26-24+/t37-,40?,41-,42?,43?,44?,45?/m1/s1. The van der Waals surface area contributed by atoms with E-state index in [0.717, 1.165) is 70.6 Å². The molecule has 6 unspecified atom stereocenters. The Morgan fingerprint density at radius 2 is 0.966 bits per heavy atom. The third-order valence-corrected chi connectivity index (χ3v) is 10.8. The van der Waals surface area contributed by atoms with Crippen LogP contribution in [-0.2, 0) is 32.7 Å². The van der Waals surface area contributed by atoms with Gasteiger partial charge >= 0.3 is 19.8 Å². The van der Waals surface area contributed by atoms with Crippen molar-refractivity contribution in [2.75, 3.05) is 13.2 Å². The van der Waals surface area contributed by atoms with Gasteiger partial charge in [0.25, 0.3) is 0 Å². The average Bonchev–Trinajstić information content (AvgIpc) is 3.21. The number of rotatable bonds is 35. The maximum Gasteiger partial charge on any atom is 0.472 e. The summed E-state index contributed by atoms with van der Waals surface area (Å²) >= 11 is 0. The number of carbonyl (C=O) groups excluding carboxylic acids is 2. The van der Waals surface area contributed by atoms with E-state index >= 15 is 0 Å². The maximum atomic E-state index is 12.8. The summed E-state index contributed by atoms with van der Waals surface area (Å²) < 4.78 is 33.4. The minimum absolute atomic E-state index is 0.0419. The van der Waals surface area contributed by atoms with Crippen LogP contribution in [0.25, 0.3) is 0 Å². The molecule has 0 heterocycles. The van der Waals surface area contributed by atoms with Crippen LogP contribution < -0.4 is 0 Å². The molecule has 1 aliphatic carbocycles. The summed E-state index contributed by atoms with van der Waals surface area (Å²) in [6.07, 6.45) is 28.5. The zero-order valence-electron chi connectivity index (χ0n) is 35.8. The molecule has 1 aliphatic rings. The molecule has 0 radical (unpaired) electrons. The largest absolute Gasteiger partial charge is 0.472 e. The number of hydrogen-bond acceptors (Lipinski definition) is 12. The molecule has 340 valence electrons. The molecular formula is C45H77O13P. The lowest BCUT2D eigenvalue weighted by Crippen LogP contribution is -2.64. The summed E-state index contributed by atoms with van der Waals surface area (Å²) in [5.74, 6) is -1.17. The van der Waals surface area contributed by atoms with E-state index in [1.165, 1.54) is 44.9 Å². The van der Waals surface area contributed by atoms with Crippen LogP contribution in [0.3, 0.4) is 0 Å². The van der Waals surface area contributed by atoms with Gasteiger partial charge in [-0.3, -0.25) is 18.6 Å². The molecule has 6 N–H and O–H groups in total. The Labute approximate surface area is 353 Å². The first-order chi connectivity index (χ1) is 28.4. The molecule has 0 aromatic carbocycles. The molecule has 1 fully saturated rings. The Kier molecular flexibility index (Phi) is 32.5. The van der Waals surface area contributed by atoms with Crippen LogP contribution in [0, 0.1) is 0 Å². The van der Waals surface area contributed by atoms with Gasteiger partial charge < -0.3 is 39.9 Å². The normalized spacial score (nSPS) is 22.9. The molecular weight excluding hydrogens is 779 g/mol. The van der Waals surface area contributed by atoms with Crippen LogP contribution in [0.15, 0.2) is 60.8 Å². The second kappa shape index (κ2) is 35.2. The number of ether oxygens (including phenoxy) is 2. The number of hydrogen-bond donors (Lipinski definition) is 6. The van der Waals surface area contributed by atoms with Gasteiger partial charge in [0.2, 0.25) is 0 Å². The van der Waals surface area contributed by atoms with Gasteiger partial charge in [0.05, 0.1) is 6.61 Å². The van der Waals surface area contributed by atoms with E-state index < -0.39 is 75.7 Å². The average molecular weight is 857 g/mol. The van der Waals surface area contributed by atoms with Gasteiger partial charge in [-0.15, -0.1) is 0 Å². The van der Waals surface area contributed by atoms with E-state index in [2.05, 4.69) is 74.6 Å². The topological polar surface area (TPSA) is 210 Å². The van der Waals surface area contributed by atoms with Gasteiger partial charge in [-0.1, -0.05) is 126 Å². The third-order valence-electron chi connectivity index (χ3n) is 9.86. The highest BCUT2D eigenvalue weighted by atomic mass is 31.2. The summed E-state index contributed by atoms with van der Waals surface area (Å²) in [5.41, 5.74) is 0. The van der Waals surface area contributed by atoms with E-state index in [9.17, 15) is 44.6 Å². The van der Waals surface area contributed by atoms with Crippen LogP contribution in [0.1, 0.15) is 155 Å². The molecule has 0 bridgehead atoms. The number of aliphatic hydroxyl groups excluding tert-OH is 5. The lowest BCUT2D eigenvalue weighted by Gasteiger charge is -2.41. The maximum absolute atomic E-state index is 12.8. The highest BCUT2D eigenvalue weighted by Crippen LogP contribution is 2.47. The summed E-state index contributed by atoms with van der Waals surface area (Å²) in [6.45, 7) is 3.18. The van der Waals surface area contributed by atoms with Crippen molar-refractivity contribution in [3.8, 4) is 0 Å². The fraction of sp³-hybridized carbons (Fsp3) is 0.733. The Morgan fingerprint density at radius 3 is 1.56 bits per heavy atom. The quantitative estimate of drug-likeness (QED) is 0.0117. The van der Waals surface area contributed by atoms with Gasteiger partial charge in [-0.2, -0.15) is 0 Å². The molecule has 0 aromatic rings. The first-order valence-electron chi connectivity index (χ1n) is 22.1. The zero-order chi connectivity index (χ0) is 43.6. The number of phosphoric acid groups is 1. The van der Waals surface area contributed by atoms with E-state index in [0.29, 0.717) is 12.8 Å². The van der Waals surface area contributed by atoms with Crippen LogP contribution in [0.2, 0.25) is 0 Å². The van der Waals surface area contributed by atoms with Crippen molar-refractivity contribution in [2.45, 2.75) is 198 Å². The molecule has 1 rings (SSSR count). The zero-order valence-corrected chi connectivity index (χ0v) is 36.7. The van der Waals surface area contributed by atoms with Crippen molar-refractivity contribution >= 4 is 19.8 Å². The van der Waals surface area contributed by atoms with Crippen LogP contribution >= 0.6 is 7.82 Å². The molecule has 59 heavy (non-hydrogen) atoms. The molecule has 0 spiro atoms. The highest BCUT2D eigenvalue weighted by Gasteiger charge is 2.51. The number of carbonyl (C=O) groups is 2. The monoisotopic (exact) mass is 857 g/mol. The molecule has 0 aliphatic heterocycles. The molecule has 13 nitrogen and oxygen atoms in total. The highest BCUT2D eigenvalue weighted by molar-refractivity contribution is 7.47. The number of unbranched alkanes of at least 4 members (excludes halogenated alkanes) is 14. The summed E-state index contributed by atoms with van der Waals surface area (Å²) in [7, 11) is -5.13. The van der Waals surface area contributed by atoms with Crippen molar-refractivity contribution in [1.82, 2.24) is 0 Å². The Balaban J connectivity index is 2.54. The van der Waals surface area contributed by atoms with E-state index in [4.69, 9.17) is 18.5 Å². The van der Waals surface area contributed by atoms with Crippen LogP contribution in [0.5, 0.6) is 0 Å². The van der Waals surface area contributed by atoms with Gasteiger partial charge in [-0.05, 0) is 77.0 Å². The van der Waals surface area contributed by atoms with E-state index in [1.54, 1.807) is 0 Å². The molecule has 0 aromatic heterocycles. The predicted octanol–water partition coefficient (Wildman–Crippen LogP) is 8.16. The predicted molar refractivity (Wildman–Crippen MR) is 230 cm³/mol. The third kappa shape index (κ3) is 27.9. The van der Waals surface area contributed by atoms with Crippen molar-refractivity contribution in [3.63, 3.8) is 0 Å². The number of phosphoric ester groups is 1. The molecule has 14 heteroatoms. The van der Waals surface area contributed by atoms with Crippen molar-refractivity contribution in [1.29, 1.82) is 0 Å². The van der Waals surface area contributed by atoms with Crippen molar-refractivity contribution in [3.05, 3.63) is 60.8 Å². The van der Waals surface area contributed by atoms with Crippen LogP contribution in [0.4, 0.5) is 0 Å². The fourth-order valence-electron chi connectivity index (χ4n) is 6.22. The van der Waals surface area contributed by atoms with Gasteiger partial charge in [0, 0.05) is 12.8 Å². The SMILES string of the molecule is CCCCC/C=C/C/C=C/C/C=C/CCCCC(=O)O[C@H](COC(=O)CCCCCCC/C=C/C=C/CCCCCC)COP(=O)(O)OC1C(O)C(O)C(O)[C@@H](O)C1O. The summed E-state index contributed by atoms with van der Waals surface area (Å²) in [5, 5.41) is 50.1. The summed E-state index contributed by atoms with van der Waals surface area (Å²) in [4.78, 5) is 35.6. The van der Waals surface area contributed by atoms with E-state index in [1.807, 2.05) is 0 Å². The minimum Gasteiger partial charge on any atom is -0.462 e. The van der Waals surface area contributed by atoms with Gasteiger partial charge in [-0.25, -0.2) is 4.57 Å². The Bertz CT molecular complexity index is 1270. The lowest BCUT2D eigenvalue weighted by molar-refractivity contribution is -0.220. The fourth-order valence-corrected chi connectivity index (χ4v) is 7.20. The van der Waals surface area contributed by atoms with Gasteiger partial charge in [0.15, 0.2) is 6.10 Å². The van der Waals surface area contributed by atoms with Gasteiger partial charge in [0.1, 0.15) is 43.2 Å². The molecule has 8 atom stereocenters. The lowest BCUT2D eigenvalue weighted by atomic mass is 9.85. The molecule has 1 saturated carbocycles. The van der Waals surface area contributed by atoms with Crippen molar-refractivity contribution in [2.24, 2.45) is 0 Å². The Hall–Kier alpha value is -2.45. The first kappa shape index (κ1) is 54.6. The van der Waals surface area contributed by atoms with E-state index in [-0.39, 0.29) is 12.8 Å². The molecule has 0 saturated heterocycles. The molecule has 0 amide bonds. The number of aliphatic hydroxyl groups is 5. The second-order valence-corrected chi connectivity index (χ2v) is 16.6. The first-order valence-corrected chi connectivity index (χ1v) is 23.6. The smallest absolute Gasteiger partial charge is 0.462 e. The van der Waals surface area contributed by atoms with Crippen molar-refractivity contribution < 1.29 is 63.1 Å². The number of esters is 2. The minimum atomic E-state index is -5.13. The second-order valence-electron chi connectivity index (χ2n) is 15.2. The van der Waals surface area contributed by atoms with Crippen LogP contribution in [-0.4, -0.2) is 98.3 Å².